The number of carbonyl (C=O) groups is 1. The third-order valence-electron chi connectivity index (χ3n) is 2.73. The van der Waals surface area contributed by atoms with Crippen molar-refractivity contribution in [1.82, 2.24) is 5.32 Å². The van der Waals surface area contributed by atoms with E-state index in [1.54, 1.807) is 0 Å². The average molecular weight is 248 g/mol. The molecule has 1 rings (SSSR count). The lowest BCUT2D eigenvalue weighted by Gasteiger charge is -2.07. The predicted octanol–water partition coefficient (Wildman–Crippen LogP) is 3.04. The van der Waals surface area contributed by atoms with Crippen molar-refractivity contribution in [3.63, 3.8) is 0 Å². The van der Waals surface area contributed by atoms with Gasteiger partial charge in [0.15, 0.2) is 0 Å². The predicted molar refractivity (Wildman–Crippen MR) is 76.6 cm³/mol. The minimum Gasteiger partial charge on any atom is -0.325 e. The van der Waals surface area contributed by atoms with Crippen molar-refractivity contribution in [1.29, 1.82) is 0 Å². The van der Waals surface area contributed by atoms with Crippen molar-refractivity contribution in [2.45, 2.75) is 33.1 Å². The fourth-order valence-electron chi connectivity index (χ4n) is 1.73. The molecule has 0 heterocycles. The van der Waals surface area contributed by atoms with Crippen LogP contribution in [-0.4, -0.2) is 19.0 Å². The van der Waals surface area contributed by atoms with Gasteiger partial charge < -0.3 is 10.6 Å². The molecule has 0 aliphatic rings. The molecule has 3 heteroatoms. The molecule has 0 spiro atoms. The van der Waals surface area contributed by atoms with E-state index >= 15 is 0 Å². The Morgan fingerprint density at radius 1 is 1.17 bits per heavy atom. The third kappa shape index (κ3) is 7.07. The lowest BCUT2D eigenvalue weighted by atomic mass is 10.1. The number of nitrogens with one attached hydrogen (secondary N) is 2. The van der Waals surface area contributed by atoms with Crippen LogP contribution in [0.2, 0.25) is 0 Å². The molecule has 1 aromatic rings. The van der Waals surface area contributed by atoms with Crippen molar-refractivity contribution in [2.75, 3.05) is 18.4 Å². The van der Waals surface area contributed by atoms with E-state index in [0.29, 0.717) is 6.54 Å². The summed E-state index contributed by atoms with van der Waals surface area (Å²) in [6.07, 6.45) is 3.62. The second-order valence-electron chi connectivity index (χ2n) is 4.98. The van der Waals surface area contributed by atoms with Crippen LogP contribution < -0.4 is 10.6 Å². The summed E-state index contributed by atoms with van der Waals surface area (Å²) >= 11 is 0. The molecule has 0 fully saturated rings. The number of amides is 1. The molecule has 0 aliphatic heterocycles. The van der Waals surface area contributed by atoms with Gasteiger partial charge in [-0.25, -0.2) is 0 Å². The number of rotatable bonds is 8. The summed E-state index contributed by atoms with van der Waals surface area (Å²) in [5.41, 5.74) is 0.851. The van der Waals surface area contributed by atoms with Gasteiger partial charge in [-0.2, -0.15) is 0 Å². The SMILES string of the molecule is CC(C)CCCCNCC(=O)Nc1ccccc1. The standard InChI is InChI=1S/C15H24N2O/c1-13(2)8-6-7-11-16-12-15(18)17-14-9-4-3-5-10-14/h3-5,9-10,13,16H,6-8,11-12H2,1-2H3,(H,17,18). The number of para-hydroxylation sites is 1. The first kappa shape index (κ1) is 14.7. The Labute approximate surface area is 110 Å². The minimum absolute atomic E-state index is 0.0186. The summed E-state index contributed by atoms with van der Waals surface area (Å²) in [5.74, 6) is 0.788. The summed E-state index contributed by atoms with van der Waals surface area (Å²) in [4.78, 5) is 11.6. The van der Waals surface area contributed by atoms with Crippen LogP contribution in [0.15, 0.2) is 30.3 Å². The van der Waals surface area contributed by atoms with Crippen molar-refractivity contribution < 1.29 is 4.79 Å². The Kier molecular flexibility index (Phi) is 7.11. The molecule has 0 unspecified atom stereocenters. The number of hydrogen-bond acceptors (Lipinski definition) is 2. The molecule has 1 aromatic carbocycles. The Morgan fingerprint density at radius 3 is 2.56 bits per heavy atom. The fraction of sp³-hybridized carbons (Fsp3) is 0.533. The van der Waals surface area contributed by atoms with Crippen molar-refractivity contribution in [2.24, 2.45) is 5.92 Å². The highest BCUT2D eigenvalue weighted by Crippen LogP contribution is 2.05. The quantitative estimate of drug-likeness (QED) is 0.694. The molecule has 1 amide bonds. The van der Waals surface area contributed by atoms with Gasteiger partial charge in [0.05, 0.1) is 6.54 Å². The van der Waals surface area contributed by atoms with Gasteiger partial charge in [-0.3, -0.25) is 4.79 Å². The first-order chi connectivity index (χ1) is 8.68. The van der Waals surface area contributed by atoms with E-state index in [9.17, 15) is 4.79 Å². The van der Waals surface area contributed by atoms with Crippen molar-refractivity contribution in [3.8, 4) is 0 Å². The molecule has 0 saturated heterocycles. The van der Waals surface area contributed by atoms with Crippen LogP contribution in [0.5, 0.6) is 0 Å². The molecule has 0 saturated carbocycles. The van der Waals surface area contributed by atoms with Gasteiger partial charge in [-0.05, 0) is 31.0 Å². The van der Waals surface area contributed by atoms with Crippen LogP contribution in [0.25, 0.3) is 0 Å². The minimum atomic E-state index is 0.0186. The molecule has 0 aromatic heterocycles. The van der Waals surface area contributed by atoms with E-state index in [2.05, 4.69) is 24.5 Å². The number of hydrogen-bond donors (Lipinski definition) is 2. The van der Waals surface area contributed by atoms with Crippen molar-refractivity contribution in [3.05, 3.63) is 30.3 Å². The highest BCUT2D eigenvalue weighted by atomic mass is 16.1. The van der Waals surface area contributed by atoms with Crippen LogP contribution in [0.1, 0.15) is 33.1 Å². The van der Waals surface area contributed by atoms with Gasteiger partial charge in [0.25, 0.3) is 0 Å². The average Bonchev–Trinajstić information content (AvgIpc) is 2.34. The summed E-state index contributed by atoms with van der Waals surface area (Å²) in [5, 5.41) is 6.02. The smallest absolute Gasteiger partial charge is 0.238 e. The molecule has 0 atom stereocenters. The van der Waals surface area contributed by atoms with Crippen LogP contribution in [0, 0.1) is 5.92 Å². The Balaban J connectivity index is 2.04. The number of anilines is 1. The molecular formula is C15H24N2O. The zero-order valence-electron chi connectivity index (χ0n) is 11.4. The third-order valence-corrected chi connectivity index (χ3v) is 2.73. The lowest BCUT2D eigenvalue weighted by Crippen LogP contribution is -2.28. The molecule has 2 N–H and O–H groups in total. The van der Waals surface area contributed by atoms with Crippen molar-refractivity contribution >= 4 is 11.6 Å². The maximum atomic E-state index is 11.6. The fourth-order valence-corrected chi connectivity index (χ4v) is 1.73. The Bertz CT molecular complexity index is 336. The molecular weight excluding hydrogens is 224 g/mol. The monoisotopic (exact) mass is 248 g/mol. The number of unbranched alkanes of at least 4 members (excludes halogenated alkanes) is 1. The van der Waals surface area contributed by atoms with Gasteiger partial charge in [-0.15, -0.1) is 0 Å². The van der Waals surface area contributed by atoms with Gasteiger partial charge in [0.2, 0.25) is 5.91 Å². The van der Waals surface area contributed by atoms with E-state index < -0.39 is 0 Å². The zero-order chi connectivity index (χ0) is 13.2. The van der Waals surface area contributed by atoms with E-state index in [4.69, 9.17) is 0 Å². The molecule has 0 bridgehead atoms. The Morgan fingerprint density at radius 2 is 1.89 bits per heavy atom. The number of benzene rings is 1. The molecule has 18 heavy (non-hydrogen) atoms. The molecule has 100 valence electrons. The van der Waals surface area contributed by atoms with E-state index in [1.807, 2.05) is 30.3 Å². The first-order valence-electron chi connectivity index (χ1n) is 6.74. The van der Waals surface area contributed by atoms with Gasteiger partial charge in [-0.1, -0.05) is 44.9 Å². The topological polar surface area (TPSA) is 41.1 Å². The number of carbonyl (C=O) groups excluding carboxylic acids is 1. The van der Waals surface area contributed by atoms with Crippen LogP contribution in [-0.2, 0) is 4.79 Å². The van der Waals surface area contributed by atoms with Crippen LogP contribution in [0.3, 0.4) is 0 Å². The summed E-state index contributed by atoms with van der Waals surface area (Å²) in [6, 6.07) is 9.54. The molecule has 0 radical (unpaired) electrons. The zero-order valence-corrected chi connectivity index (χ0v) is 11.4. The highest BCUT2D eigenvalue weighted by molar-refractivity contribution is 5.92. The molecule has 0 aliphatic carbocycles. The van der Waals surface area contributed by atoms with Gasteiger partial charge in [0, 0.05) is 5.69 Å². The summed E-state index contributed by atoms with van der Waals surface area (Å²) < 4.78 is 0. The summed E-state index contributed by atoms with van der Waals surface area (Å²) in [6.45, 7) is 5.77. The second-order valence-corrected chi connectivity index (χ2v) is 4.98. The van der Waals surface area contributed by atoms with E-state index in [0.717, 1.165) is 24.6 Å². The highest BCUT2D eigenvalue weighted by Gasteiger charge is 2.00. The second kappa shape index (κ2) is 8.70. The lowest BCUT2D eigenvalue weighted by molar-refractivity contribution is -0.115. The van der Waals surface area contributed by atoms with Gasteiger partial charge in [0.1, 0.15) is 0 Å². The normalized spacial score (nSPS) is 10.6. The van der Waals surface area contributed by atoms with Gasteiger partial charge >= 0.3 is 0 Å². The largest absolute Gasteiger partial charge is 0.325 e. The van der Waals surface area contributed by atoms with E-state index in [1.165, 1.54) is 12.8 Å². The maximum Gasteiger partial charge on any atom is 0.238 e. The Hall–Kier alpha value is -1.35. The van der Waals surface area contributed by atoms with Crippen LogP contribution in [0.4, 0.5) is 5.69 Å². The summed E-state index contributed by atoms with van der Waals surface area (Å²) in [7, 11) is 0. The maximum absolute atomic E-state index is 11.6. The first-order valence-corrected chi connectivity index (χ1v) is 6.74. The molecule has 3 nitrogen and oxygen atoms in total. The van der Waals surface area contributed by atoms with Crippen LogP contribution >= 0.6 is 0 Å². The van der Waals surface area contributed by atoms with E-state index in [-0.39, 0.29) is 5.91 Å².